The van der Waals surface area contributed by atoms with Gasteiger partial charge in [0, 0.05) is 13.1 Å². The van der Waals surface area contributed by atoms with Crippen molar-refractivity contribution in [1.82, 2.24) is 20.8 Å². The molecule has 1 fully saturated rings. The smallest absolute Gasteiger partial charge is 0.292 e. The molecular formula is C9H14N4O2. The van der Waals surface area contributed by atoms with Crippen LogP contribution in [0.15, 0.2) is 4.52 Å². The average molecular weight is 210 g/mol. The Balaban J connectivity index is 2.16. The minimum atomic E-state index is -0.316. The van der Waals surface area contributed by atoms with Gasteiger partial charge in [-0.25, -0.2) is 0 Å². The lowest BCUT2D eigenvalue weighted by Crippen LogP contribution is -2.22. The summed E-state index contributed by atoms with van der Waals surface area (Å²) >= 11 is 0. The van der Waals surface area contributed by atoms with Gasteiger partial charge in [-0.3, -0.25) is 4.79 Å². The van der Waals surface area contributed by atoms with Crippen LogP contribution < -0.4 is 10.6 Å². The lowest BCUT2D eigenvalue weighted by atomic mass is 10.0. The van der Waals surface area contributed by atoms with Crippen molar-refractivity contribution in [3.8, 4) is 0 Å². The summed E-state index contributed by atoms with van der Waals surface area (Å²) in [6.07, 6.45) is 0.969. The Morgan fingerprint density at radius 1 is 1.67 bits per heavy atom. The molecule has 1 aromatic heterocycles. The van der Waals surface area contributed by atoms with Crippen molar-refractivity contribution in [2.75, 3.05) is 13.6 Å². The van der Waals surface area contributed by atoms with Gasteiger partial charge in [0.15, 0.2) is 0 Å². The van der Waals surface area contributed by atoms with Crippen molar-refractivity contribution in [3.05, 3.63) is 11.7 Å². The molecule has 0 bridgehead atoms. The van der Waals surface area contributed by atoms with Crippen LogP contribution in [0.25, 0.3) is 0 Å². The van der Waals surface area contributed by atoms with E-state index in [0.29, 0.717) is 11.9 Å². The maximum atomic E-state index is 11.2. The van der Waals surface area contributed by atoms with Gasteiger partial charge in [-0.1, -0.05) is 5.16 Å². The van der Waals surface area contributed by atoms with E-state index in [1.165, 1.54) is 7.05 Å². The zero-order chi connectivity index (χ0) is 10.8. The summed E-state index contributed by atoms with van der Waals surface area (Å²) in [7, 11) is 1.54. The zero-order valence-corrected chi connectivity index (χ0v) is 8.78. The second-order valence-corrected chi connectivity index (χ2v) is 3.67. The number of nitrogens with zero attached hydrogens (tertiary/aromatic N) is 2. The van der Waals surface area contributed by atoms with E-state index in [9.17, 15) is 4.79 Å². The van der Waals surface area contributed by atoms with E-state index in [1.54, 1.807) is 0 Å². The summed E-state index contributed by atoms with van der Waals surface area (Å²) in [5.41, 5.74) is 0. The highest BCUT2D eigenvalue weighted by Crippen LogP contribution is 2.25. The molecule has 1 aromatic rings. The van der Waals surface area contributed by atoms with Crippen molar-refractivity contribution in [2.45, 2.75) is 25.3 Å². The van der Waals surface area contributed by atoms with E-state index in [2.05, 4.69) is 27.7 Å². The zero-order valence-electron chi connectivity index (χ0n) is 8.78. The summed E-state index contributed by atoms with van der Waals surface area (Å²) in [5.74, 6) is 0.553. The molecule has 1 saturated heterocycles. The van der Waals surface area contributed by atoms with Gasteiger partial charge in [-0.2, -0.15) is 4.98 Å². The third-order valence-corrected chi connectivity index (χ3v) is 2.71. The predicted octanol–water partition coefficient (Wildman–Crippen LogP) is -0.105. The SMILES string of the molecule is CNC(=O)c1noc(C2CCNC2C)n1. The molecule has 2 N–H and O–H groups in total. The molecule has 2 unspecified atom stereocenters. The number of hydrogen-bond donors (Lipinski definition) is 2. The fourth-order valence-corrected chi connectivity index (χ4v) is 1.79. The molecule has 1 aliphatic rings. The number of nitrogens with one attached hydrogen (secondary N) is 2. The van der Waals surface area contributed by atoms with Crippen LogP contribution in [0.5, 0.6) is 0 Å². The quantitative estimate of drug-likeness (QED) is 0.712. The monoisotopic (exact) mass is 210 g/mol. The van der Waals surface area contributed by atoms with E-state index in [0.717, 1.165) is 13.0 Å². The summed E-state index contributed by atoms with van der Waals surface area (Å²) in [6, 6.07) is 0.322. The minimum Gasteiger partial charge on any atom is -0.352 e. The first-order valence-electron chi connectivity index (χ1n) is 5.01. The Morgan fingerprint density at radius 2 is 2.47 bits per heavy atom. The van der Waals surface area contributed by atoms with Crippen LogP contribution in [0.1, 0.15) is 35.8 Å². The third-order valence-electron chi connectivity index (χ3n) is 2.71. The molecule has 2 atom stereocenters. The molecule has 0 aliphatic carbocycles. The standard InChI is InChI=1S/C9H14N4O2/c1-5-6(3-4-11-5)9-12-7(13-15-9)8(14)10-2/h5-6,11H,3-4H2,1-2H3,(H,10,14). The Kier molecular flexibility index (Phi) is 2.68. The molecule has 0 spiro atoms. The Labute approximate surface area is 87.4 Å². The van der Waals surface area contributed by atoms with Crippen LogP contribution in [-0.4, -0.2) is 35.7 Å². The van der Waals surface area contributed by atoms with E-state index < -0.39 is 0 Å². The van der Waals surface area contributed by atoms with Crippen molar-refractivity contribution in [3.63, 3.8) is 0 Å². The molecule has 1 amide bonds. The van der Waals surface area contributed by atoms with Crippen LogP contribution in [-0.2, 0) is 0 Å². The van der Waals surface area contributed by atoms with Gasteiger partial charge >= 0.3 is 0 Å². The van der Waals surface area contributed by atoms with E-state index in [-0.39, 0.29) is 17.6 Å². The lowest BCUT2D eigenvalue weighted by molar-refractivity contribution is 0.0950. The van der Waals surface area contributed by atoms with Crippen molar-refractivity contribution in [1.29, 1.82) is 0 Å². The highest BCUT2D eigenvalue weighted by Gasteiger charge is 2.30. The average Bonchev–Trinajstić information content (AvgIpc) is 2.84. The van der Waals surface area contributed by atoms with E-state index in [1.807, 2.05) is 0 Å². The molecular weight excluding hydrogens is 196 g/mol. The lowest BCUT2D eigenvalue weighted by Gasteiger charge is -2.08. The van der Waals surface area contributed by atoms with E-state index >= 15 is 0 Å². The highest BCUT2D eigenvalue weighted by atomic mass is 16.5. The van der Waals surface area contributed by atoms with Crippen LogP contribution in [0.3, 0.4) is 0 Å². The molecule has 0 radical (unpaired) electrons. The normalized spacial score (nSPS) is 25.5. The molecule has 0 aromatic carbocycles. The molecule has 2 heterocycles. The molecule has 0 saturated carbocycles. The Bertz CT molecular complexity index is 363. The second-order valence-electron chi connectivity index (χ2n) is 3.67. The predicted molar refractivity (Wildman–Crippen MR) is 52.5 cm³/mol. The Hall–Kier alpha value is -1.43. The summed E-state index contributed by atoms with van der Waals surface area (Å²) in [5, 5.41) is 9.39. The maximum Gasteiger partial charge on any atom is 0.292 e. The minimum absolute atomic E-state index is 0.103. The first-order chi connectivity index (χ1) is 7.22. The molecule has 82 valence electrons. The highest BCUT2D eigenvalue weighted by molar-refractivity contribution is 5.89. The van der Waals surface area contributed by atoms with Crippen LogP contribution in [0.2, 0.25) is 0 Å². The maximum absolute atomic E-state index is 11.2. The largest absolute Gasteiger partial charge is 0.352 e. The van der Waals surface area contributed by atoms with Gasteiger partial charge in [0.25, 0.3) is 11.7 Å². The molecule has 6 nitrogen and oxygen atoms in total. The number of amides is 1. The van der Waals surface area contributed by atoms with Gasteiger partial charge in [0.1, 0.15) is 0 Å². The first kappa shape index (κ1) is 10.1. The fourth-order valence-electron chi connectivity index (χ4n) is 1.79. The van der Waals surface area contributed by atoms with Gasteiger partial charge in [-0.05, 0) is 19.9 Å². The summed E-state index contributed by atoms with van der Waals surface area (Å²) in [6.45, 7) is 3.02. The second kappa shape index (κ2) is 3.98. The number of rotatable bonds is 2. The molecule has 15 heavy (non-hydrogen) atoms. The van der Waals surface area contributed by atoms with Gasteiger partial charge in [0.2, 0.25) is 5.89 Å². The van der Waals surface area contributed by atoms with Crippen LogP contribution in [0.4, 0.5) is 0 Å². The van der Waals surface area contributed by atoms with Gasteiger partial charge in [-0.15, -0.1) is 0 Å². The molecule has 6 heteroatoms. The van der Waals surface area contributed by atoms with Crippen LogP contribution in [0, 0.1) is 0 Å². The topological polar surface area (TPSA) is 80.0 Å². The van der Waals surface area contributed by atoms with Crippen molar-refractivity contribution in [2.24, 2.45) is 0 Å². The third kappa shape index (κ3) is 1.85. The number of carbonyl (C=O) groups excluding carboxylic acids is 1. The first-order valence-corrected chi connectivity index (χ1v) is 5.01. The summed E-state index contributed by atoms with van der Waals surface area (Å²) in [4.78, 5) is 15.3. The number of hydrogen-bond acceptors (Lipinski definition) is 5. The van der Waals surface area contributed by atoms with Crippen molar-refractivity contribution >= 4 is 5.91 Å². The fraction of sp³-hybridized carbons (Fsp3) is 0.667. The number of aromatic nitrogens is 2. The van der Waals surface area contributed by atoms with Crippen molar-refractivity contribution < 1.29 is 9.32 Å². The number of carbonyl (C=O) groups is 1. The molecule has 2 rings (SSSR count). The van der Waals surface area contributed by atoms with Gasteiger partial charge < -0.3 is 15.2 Å². The van der Waals surface area contributed by atoms with E-state index in [4.69, 9.17) is 4.52 Å². The van der Waals surface area contributed by atoms with Crippen LogP contribution >= 0.6 is 0 Å². The van der Waals surface area contributed by atoms with Gasteiger partial charge in [0.05, 0.1) is 5.92 Å². The Morgan fingerprint density at radius 3 is 3.07 bits per heavy atom. The summed E-state index contributed by atoms with van der Waals surface area (Å²) < 4.78 is 5.08. The molecule has 1 aliphatic heterocycles.